The Bertz CT molecular complexity index is 534. The number of amides is 2. The molecule has 1 aliphatic carbocycles. The second-order valence-corrected chi connectivity index (χ2v) is 4.81. The topological polar surface area (TPSA) is 76.7 Å². The largest absolute Gasteiger partial charge is 0.372 e. The van der Waals surface area contributed by atoms with Gasteiger partial charge in [0.25, 0.3) is 5.91 Å². The van der Waals surface area contributed by atoms with Gasteiger partial charge in [0.1, 0.15) is 0 Å². The Balaban J connectivity index is 1.72. The first-order valence-corrected chi connectivity index (χ1v) is 6.57. The normalized spacial score (nSPS) is 27.4. The molecule has 1 saturated heterocycles. The van der Waals surface area contributed by atoms with Crippen LogP contribution in [0.15, 0.2) is 24.3 Å². The molecule has 6 nitrogen and oxygen atoms in total. The number of carbonyl (C=O) groups excluding carboxylic acids is 2. The summed E-state index contributed by atoms with van der Waals surface area (Å²) in [5.41, 5.74) is 0.939. The maximum Gasteiger partial charge on any atom is 0.253 e. The van der Waals surface area contributed by atoms with Crippen molar-refractivity contribution in [2.45, 2.75) is 12.2 Å². The molecular weight excluding hydrogens is 260 g/mol. The molecule has 0 spiro atoms. The summed E-state index contributed by atoms with van der Waals surface area (Å²) in [5.74, 6) is -0.685. The Labute approximate surface area is 116 Å². The maximum absolute atomic E-state index is 12.2. The average Bonchev–Trinajstić information content (AvgIpc) is 3.21. The van der Waals surface area contributed by atoms with Crippen molar-refractivity contribution < 1.29 is 19.1 Å². The Kier molecular flexibility index (Phi) is 3.42. The third kappa shape index (κ3) is 2.28. The number of rotatable bonds is 3. The van der Waals surface area contributed by atoms with E-state index in [2.05, 4.69) is 10.6 Å². The van der Waals surface area contributed by atoms with Gasteiger partial charge in [-0.25, -0.2) is 0 Å². The average molecular weight is 276 g/mol. The Hall–Kier alpha value is -1.92. The highest BCUT2D eigenvalue weighted by Crippen LogP contribution is 2.40. The molecule has 6 heteroatoms. The zero-order valence-electron chi connectivity index (χ0n) is 11.1. The fraction of sp³-hybridized carbons (Fsp3) is 0.429. The van der Waals surface area contributed by atoms with Crippen LogP contribution in [-0.2, 0) is 14.3 Å². The summed E-state index contributed by atoms with van der Waals surface area (Å²) in [6.45, 7) is 1.06. The highest BCUT2D eigenvalue weighted by atomic mass is 16.6. The summed E-state index contributed by atoms with van der Waals surface area (Å²) in [6.07, 6.45) is -0.285. The molecule has 2 aliphatic rings. The van der Waals surface area contributed by atoms with E-state index < -0.39 is 0 Å². The van der Waals surface area contributed by atoms with Crippen molar-refractivity contribution >= 4 is 17.5 Å². The van der Waals surface area contributed by atoms with Crippen LogP contribution >= 0.6 is 0 Å². The molecule has 1 saturated carbocycles. The first kappa shape index (κ1) is 13.1. The van der Waals surface area contributed by atoms with Crippen LogP contribution in [0.5, 0.6) is 0 Å². The molecule has 1 aromatic rings. The van der Waals surface area contributed by atoms with Crippen LogP contribution in [0.25, 0.3) is 0 Å². The van der Waals surface area contributed by atoms with Crippen LogP contribution in [-0.4, -0.2) is 44.3 Å². The number of ether oxygens (including phenoxy) is 2. The van der Waals surface area contributed by atoms with Crippen LogP contribution in [0.3, 0.4) is 0 Å². The lowest BCUT2D eigenvalue weighted by Crippen LogP contribution is -2.23. The first-order valence-electron chi connectivity index (χ1n) is 6.57. The summed E-state index contributed by atoms with van der Waals surface area (Å²) in [6, 6.07) is 6.90. The van der Waals surface area contributed by atoms with E-state index in [9.17, 15) is 9.59 Å². The van der Waals surface area contributed by atoms with Crippen molar-refractivity contribution in [3.8, 4) is 0 Å². The smallest absolute Gasteiger partial charge is 0.253 e. The lowest BCUT2D eigenvalue weighted by atomic mass is 10.1. The Morgan fingerprint density at radius 3 is 2.45 bits per heavy atom. The molecule has 3 atom stereocenters. The molecule has 0 aromatic heterocycles. The van der Waals surface area contributed by atoms with Gasteiger partial charge in [-0.05, 0) is 12.1 Å². The summed E-state index contributed by atoms with van der Waals surface area (Å²) in [4.78, 5) is 23.9. The maximum atomic E-state index is 12.2. The molecule has 20 heavy (non-hydrogen) atoms. The van der Waals surface area contributed by atoms with Gasteiger partial charge >= 0.3 is 0 Å². The van der Waals surface area contributed by atoms with Crippen LogP contribution in [0.4, 0.5) is 5.69 Å². The van der Waals surface area contributed by atoms with Crippen molar-refractivity contribution in [1.29, 1.82) is 0 Å². The van der Waals surface area contributed by atoms with Crippen molar-refractivity contribution in [2.75, 3.05) is 25.6 Å². The van der Waals surface area contributed by atoms with Gasteiger partial charge in [0.05, 0.1) is 42.6 Å². The monoisotopic (exact) mass is 276 g/mol. The molecule has 1 aromatic carbocycles. The molecule has 3 rings (SSSR count). The molecule has 1 heterocycles. The van der Waals surface area contributed by atoms with Crippen molar-refractivity contribution in [3.05, 3.63) is 29.8 Å². The van der Waals surface area contributed by atoms with Gasteiger partial charge in [-0.2, -0.15) is 0 Å². The van der Waals surface area contributed by atoms with Gasteiger partial charge < -0.3 is 20.1 Å². The van der Waals surface area contributed by atoms with E-state index in [-0.39, 0.29) is 29.9 Å². The molecule has 2 amide bonds. The van der Waals surface area contributed by atoms with Gasteiger partial charge in [-0.15, -0.1) is 0 Å². The lowest BCUT2D eigenvalue weighted by molar-refractivity contribution is -0.118. The van der Waals surface area contributed by atoms with Crippen LogP contribution in [0.1, 0.15) is 10.4 Å². The van der Waals surface area contributed by atoms with Crippen molar-refractivity contribution in [2.24, 2.45) is 5.92 Å². The van der Waals surface area contributed by atoms with Gasteiger partial charge in [-0.1, -0.05) is 12.1 Å². The summed E-state index contributed by atoms with van der Waals surface area (Å²) >= 11 is 0. The number of nitrogens with one attached hydrogen (secondary N) is 2. The number of hydrogen-bond acceptors (Lipinski definition) is 4. The van der Waals surface area contributed by atoms with Crippen molar-refractivity contribution in [3.63, 3.8) is 0 Å². The van der Waals surface area contributed by atoms with Crippen LogP contribution in [0.2, 0.25) is 0 Å². The number of carbonyl (C=O) groups is 2. The fourth-order valence-electron chi connectivity index (χ4n) is 2.46. The molecule has 2 N–H and O–H groups in total. The number of hydrogen-bond donors (Lipinski definition) is 2. The second kappa shape index (κ2) is 5.22. The molecule has 1 aliphatic heterocycles. The molecule has 0 bridgehead atoms. The zero-order valence-corrected chi connectivity index (χ0v) is 11.1. The molecule has 106 valence electrons. The first-order chi connectivity index (χ1) is 9.72. The number of benzene rings is 1. The summed E-state index contributed by atoms with van der Waals surface area (Å²) < 4.78 is 10.9. The van der Waals surface area contributed by atoms with E-state index in [0.717, 1.165) is 0 Å². The van der Waals surface area contributed by atoms with E-state index in [1.54, 1.807) is 31.3 Å². The second-order valence-electron chi connectivity index (χ2n) is 4.81. The third-order valence-electron chi connectivity index (χ3n) is 3.55. The molecule has 2 fully saturated rings. The number of para-hydroxylation sites is 1. The lowest BCUT2D eigenvalue weighted by Gasteiger charge is -2.09. The van der Waals surface area contributed by atoms with Crippen molar-refractivity contribution in [1.82, 2.24) is 5.32 Å². The minimum atomic E-state index is -0.282. The predicted octanol–water partition coefficient (Wildman–Crippen LogP) is 0.398. The summed E-state index contributed by atoms with van der Waals surface area (Å²) in [5, 5.41) is 5.33. The van der Waals surface area contributed by atoms with Gasteiger partial charge in [-0.3, -0.25) is 9.59 Å². The third-order valence-corrected chi connectivity index (χ3v) is 3.55. The van der Waals surface area contributed by atoms with Gasteiger partial charge in [0.15, 0.2) is 0 Å². The van der Waals surface area contributed by atoms with Crippen LogP contribution < -0.4 is 10.6 Å². The SMILES string of the molecule is CNC(=O)c1ccccc1NC(=O)C1[C@H]2OCCO[C@@H]12. The van der Waals surface area contributed by atoms with Gasteiger partial charge in [0.2, 0.25) is 5.91 Å². The molecule has 0 radical (unpaired) electrons. The van der Waals surface area contributed by atoms with E-state index in [0.29, 0.717) is 24.5 Å². The molecular formula is C14H16N2O4. The number of anilines is 1. The minimum absolute atomic E-state index is 0.143. The fourth-order valence-corrected chi connectivity index (χ4v) is 2.46. The Morgan fingerprint density at radius 2 is 1.80 bits per heavy atom. The Morgan fingerprint density at radius 1 is 1.15 bits per heavy atom. The predicted molar refractivity (Wildman–Crippen MR) is 71.4 cm³/mol. The van der Waals surface area contributed by atoms with Crippen LogP contribution in [0, 0.1) is 5.92 Å². The molecule has 1 unspecified atom stereocenters. The van der Waals surface area contributed by atoms with E-state index in [4.69, 9.17) is 9.47 Å². The van der Waals surface area contributed by atoms with Gasteiger partial charge in [0, 0.05) is 7.05 Å². The quantitative estimate of drug-likeness (QED) is 0.837. The van der Waals surface area contributed by atoms with E-state index >= 15 is 0 Å². The standard InChI is InChI=1S/C14H16N2O4/c1-15-13(17)8-4-2-3-5-9(8)16-14(18)10-11-12(10)20-7-6-19-11/h2-5,10-12H,6-7H2,1H3,(H,15,17)(H,16,18)/t10?,11-,12+. The number of fused-ring (bicyclic) bond motifs is 1. The minimum Gasteiger partial charge on any atom is -0.372 e. The zero-order chi connectivity index (χ0) is 14.1. The highest BCUT2D eigenvalue weighted by Gasteiger charge is 2.59. The van der Waals surface area contributed by atoms with E-state index in [1.807, 2.05) is 0 Å². The highest BCUT2D eigenvalue weighted by molar-refractivity contribution is 6.04. The van der Waals surface area contributed by atoms with E-state index in [1.165, 1.54) is 0 Å². The summed E-state index contributed by atoms with van der Waals surface area (Å²) in [7, 11) is 1.55.